The first-order valence-electron chi connectivity index (χ1n) is 6.49. The second kappa shape index (κ2) is 5.69. The standard InChI is InChI=1S/C15H19N3O/c1-11(2)10-13-8-9-14(17-18(13)15(16)19)12-6-4-3-5-7-12/h3-8,11H,9-10H2,1-2H3,(H2,16,19). The van der Waals surface area contributed by atoms with Gasteiger partial charge in [0.1, 0.15) is 0 Å². The van der Waals surface area contributed by atoms with E-state index in [9.17, 15) is 4.79 Å². The molecule has 0 unspecified atom stereocenters. The lowest BCUT2D eigenvalue weighted by atomic mass is 10.0. The van der Waals surface area contributed by atoms with Crippen molar-refractivity contribution in [1.82, 2.24) is 5.01 Å². The summed E-state index contributed by atoms with van der Waals surface area (Å²) >= 11 is 0. The molecule has 0 atom stereocenters. The summed E-state index contributed by atoms with van der Waals surface area (Å²) in [5, 5.41) is 5.72. The van der Waals surface area contributed by atoms with Crippen molar-refractivity contribution >= 4 is 11.7 Å². The number of hydrogen-bond acceptors (Lipinski definition) is 2. The van der Waals surface area contributed by atoms with Crippen LogP contribution in [0.25, 0.3) is 0 Å². The largest absolute Gasteiger partial charge is 0.350 e. The van der Waals surface area contributed by atoms with Gasteiger partial charge in [-0.2, -0.15) is 10.1 Å². The Balaban J connectivity index is 2.26. The van der Waals surface area contributed by atoms with Crippen LogP contribution < -0.4 is 5.73 Å². The minimum atomic E-state index is -0.528. The van der Waals surface area contributed by atoms with E-state index in [1.165, 1.54) is 5.01 Å². The van der Waals surface area contributed by atoms with Crippen LogP contribution >= 0.6 is 0 Å². The van der Waals surface area contributed by atoms with Crippen LogP contribution in [0.5, 0.6) is 0 Å². The zero-order valence-corrected chi connectivity index (χ0v) is 11.3. The molecule has 2 rings (SSSR count). The molecule has 4 heteroatoms. The van der Waals surface area contributed by atoms with Gasteiger partial charge in [-0.05, 0) is 17.9 Å². The summed E-state index contributed by atoms with van der Waals surface area (Å²) in [7, 11) is 0. The van der Waals surface area contributed by atoms with Gasteiger partial charge >= 0.3 is 6.03 Å². The van der Waals surface area contributed by atoms with Crippen molar-refractivity contribution in [3.8, 4) is 0 Å². The lowest BCUT2D eigenvalue weighted by Crippen LogP contribution is -2.34. The highest BCUT2D eigenvalue weighted by molar-refractivity contribution is 6.02. The van der Waals surface area contributed by atoms with E-state index in [1.807, 2.05) is 36.4 Å². The molecule has 0 saturated carbocycles. The Hall–Kier alpha value is -2.10. The van der Waals surface area contributed by atoms with Crippen LogP contribution in [0.4, 0.5) is 4.79 Å². The number of benzene rings is 1. The number of carbonyl (C=O) groups is 1. The number of amides is 2. The smallest absolute Gasteiger partial charge is 0.339 e. The number of hydrazone groups is 1. The van der Waals surface area contributed by atoms with Crippen molar-refractivity contribution in [3.05, 3.63) is 47.7 Å². The average molecular weight is 257 g/mol. The third-order valence-electron chi connectivity index (χ3n) is 2.96. The second-order valence-electron chi connectivity index (χ2n) is 5.06. The zero-order chi connectivity index (χ0) is 13.8. The molecule has 2 N–H and O–H groups in total. The van der Waals surface area contributed by atoms with E-state index in [2.05, 4.69) is 18.9 Å². The molecule has 1 aliphatic rings. The van der Waals surface area contributed by atoms with Gasteiger partial charge in [0.15, 0.2) is 0 Å². The number of nitrogens with zero attached hydrogens (tertiary/aromatic N) is 2. The van der Waals surface area contributed by atoms with Crippen molar-refractivity contribution in [2.24, 2.45) is 16.8 Å². The van der Waals surface area contributed by atoms with E-state index >= 15 is 0 Å². The first-order chi connectivity index (χ1) is 9.08. The normalized spacial score (nSPS) is 15.2. The second-order valence-corrected chi connectivity index (χ2v) is 5.06. The minimum Gasteiger partial charge on any atom is -0.350 e. The van der Waals surface area contributed by atoms with Crippen molar-refractivity contribution in [1.29, 1.82) is 0 Å². The molecule has 2 amide bonds. The van der Waals surface area contributed by atoms with Gasteiger partial charge in [0, 0.05) is 12.1 Å². The van der Waals surface area contributed by atoms with Crippen LogP contribution in [0.2, 0.25) is 0 Å². The number of rotatable bonds is 3. The highest BCUT2D eigenvalue weighted by atomic mass is 16.2. The molecular formula is C15H19N3O. The summed E-state index contributed by atoms with van der Waals surface area (Å²) in [4.78, 5) is 11.5. The number of nitrogens with two attached hydrogens (primary N) is 1. The number of hydrogen-bond donors (Lipinski definition) is 1. The molecule has 1 aromatic rings. The molecular weight excluding hydrogens is 238 g/mol. The Morgan fingerprint density at radius 1 is 1.37 bits per heavy atom. The number of allylic oxidation sites excluding steroid dienone is 2. The minimum absolute atomic E-state index is 0.460. The molecule has 0 fully saturated rings. The van der Waals surface area contributed by atoms with Crippen LogP contribution in [0.1, 0.15) is 32.3 Å². The molecule has 0 spiro atoms. The van der Waals surface area contributed by atoms with Gasteiger partial charge < -0.3 is 5.73 Å². The van der Waals surface area contributed by atoms with Crippen LogP contribution in [0, 0.1) is 5.92 Å². The Morgan fingerprint density at radius 3 is 2.63 bits per heavy atom. The van der Waals surface area contributed by atoms with Gasteiger partial charge in [0.25, 0.3) is 0 Å². The highest BCUT2D eigenvalue weighted by Crippen LogP contribution is 2.22. The monoisotopic (exact) mass is 257 g/mol. The van der Waals surface area contributed by atoms with Gasteiger partial charge in [-0.15, -0.1) is 0 Å². The molecule has 0 aromatic heterocycles. The van der Waals surface area contributed by atoms with E-state index in [0.29, 0.717) is 5.92 Å². The van der Waals surface area contributed by atoms with E-state index in [0.717, 1.165) is 29.8 Å². The van der Waals surface area contributed by atoms with Crippen molar-refractivity contribution < 1.29 is 4.79 Å². The molecule has 0 radical (unpaired) electrons. The van der Waals surface area contributed by atoms with E-state index in [4.69, 9.17) is 5.73 Å². The maximum absolute atomic E-state index is 11.5. The Morgan fingerprint density at radius 2 is 2.05 bits per heavy atom. The molecule has 1 aromatic carbocycles. The maximum Gasteiger partial charge on any atom is 0.339 e. The zero-order valence-electron chi connectivity index (χ0n) is 11.3. The van der Waals surface area contributed by atoms with Gasteiger partial charge in [-0.25, -0.2) is 4.79 Å². The van der Waals surface area contributed by atoms with Crippen LogP contribution in [-0.4, -0.2) is 16.8 Å². The SMILES string of the molecule is CC(C)CC1=CCC(c2ccccc2)=NN1C(N)=O. The Labute approximate surface area is 113 Å². The Bertz CT molecular complexity index is 517. The predicted octanol–water partition coefficient (Wildman–Crippen LogP) is 3.11. The van der Waals surface area contributed by atoms with Crippen LogP contribution in [0.3, 0.4) is 0 Å². The van der Waals surface area contributed by atoms with Gasteiger partial charge in [0.05, 0.1) is 5.71 Å². The molecule has 4 nitrogen and oxygen atoms in total. The summed E-state index contributed by atoms with van der Waals surface area (Å²) in [5.74, 6) is 0.460. The molecule has 0 saturated heterocycles. The fourth-order valence-electron chi connectivity index (χ4n) is 2.11. The fraction of sp³-hybridized carbons (Fsp3) is 0.333. The van der Waals surface area contributed by atoms with E-state index < -0.39 is 6.03 Å². The number of carbonyl (C=O) groups excluding carboxylic acids is 1. The van der Waals surface area contributed by atoms with E-state index in [-0.39, 0.29) is 0 Å². The first kappa shape index (κ1) is 13.3. The third kappa shape index (κ3) is 3.22. The molecule has 0 bridgehead atoms. The number of primary amides is 1. The summed E-state index contributed by atoms with van der Waals surface area (Å²) in [5.41, 5.74) is 8.19. The van der Waals surface area contributed by atoms with Crippen molar-refractivity contribution in [2.45, 2.75) is 26.7 Å². The van der Waals surface area contributed by atoms with Crippen molar-refractivity contribution in [2.75, 3.05) is 0 Å². The average Bonchev–Trinajstić information content (AvgIpc) is 2.39. The van der Waals surface area contributed by atoms with Gasteiger partial charge in [-0.1, -0.05) is 50.3 Å². The first-order valence-corrected chi connectivity index (χ1v) is 6.49. The van der Waals surface area contributed by atoms with Gasteiger partial charge in [-0.3, -0.25) is 0 Å². The predicted molar refractivity (Wildman–Crippen MR) is 76.6 cm³/mol. The van der Waals surface area contributed by atoms with Crippen LogP contribution in [0.15, 0.2) is 47.2 Å². The highest BCUT2D eigenvalue weighted by Gasteiger charge is 2.21. The van der Waals surface area contributed by atoms with Crippen LogP contribution in [-0.2, 0) is 0 Å². The quantitative estimate of drug-likeness (QED) is 0.888. The Kier molecular flexibility index (Phi) is 4.00. The molecule has 19 heavy (non-hydrogen) atoms. The molecule has 100 valence electrons. The maximum atomic E-state index is 11.5. The number of urea groups is 1. The molecule has 1 aliphatic heterocycles. The lowest BCUT2D eigenvalue weighted by molar-refractivity contribution is 0.219. The molecule has 0 aliphatic carbocycles. The van der Waals surface area contributed by atoms with E-state index in [1.54, 1.807) is 0 Å². The van der Waals surface area contributed by atoms with Gasteiger partial charge in [0.2, 0.25) is 0 Å². The summed E-state index contributed by atoms with van der Waals surface area (Å²) in [6.45, 7) is 4.22. The fourth-order valence-corrected chi connectivity index (χ4v) is 2.11. The molecule has 1 heterocycles. The summed E-state index contributed by atoms with van der Waals surface area (Å²) in [6.07, 6.45) is 3.57. The lowest BCUT2D eigenvalue weighted by Gasteiger charge is -2.25. The summed E-state index contributed by atoms with van der Waals surface area (Å²) < 4.78 is 0. The summed E-state index contributed by atoms with van der Waals surface area (Å²) in [6, 6.07) is 9.32. The third-order valence-corrected chi connectivity index (χ3v) is 2.96. The van der Waals surface area contributed by atoms with Crippen molar-refractivity contribution in [3.63, 3.8) is 0 Å². The topological polar surface area (TPSA) is 58.7 Å².